The summed E-state index contributed by atoms with van der Waals surface area (Å²) in [5, 5.41) is 6.81. The molecule has 0 radical (unpaired) electrons. The second-order valence-corrected chi connectivity index (χ2v) is 6.23. The number of amides is 1. The van der Waals surface area contributed by atoms with E-state index in [-0.39, 0.29) is 18.8 Å². The minimum atomic E-state index is -0.592. The van der Waals surface area contributed by atoms with Gasteiger partial charge < -0.3 is 14.8 Å². The average Bonchev–Trinajstić information content (AvgIpc) is 2.66. The van der Waals surface area contributed by atoms with Gasteiger partial charge in [0, 0.05) is 26.8 Å². The molecule has 0 aliphatic rings. The first-order chi connectivity index (χ1) is 10.1. The van der Waals surface area contributed by atoms with Crippen LogP contribution in [0, 0.1) is 6.92 Å². The molecule has 0 aliphatic carbocycles. The van der Waals surface area contributed by atoms with Gasteiger partial charge in [-0.15, -0.1) is 0 Å². The van der Waals surface area contributed by atoms with Crippen molar-refractivity contribution in [3.63, 3.8) is 0 Å². The predicted octanol–water partition coefficient (Wildman–Crippen LogP) is 1.84. The van der Waals surface area contributed by atoms with Gasteiger partial charge in [0.15, 0.2) is 5.78 Å². The zero-order chi connectivity index (χ0) is 16.9. The Morgan fingerprint density at radius 2 is 2.05 bits per heavy atom. The van der Waals surface area contributed by atoms with Crippen LogP contribution in [0.1, 0.15) is 43.2 Å². The monoisotopic (exact) mass is 311 g/mol. The van der Waals surface area contributed by atoms with Crippen molar-refractivity contribution in [3.8, 4) is 0 Å². The molecule has 0 saturated carbocycles. The molecule has 0 fully saturated rings. The molecule has 0 spiro atoms. The lowest BCUT2D eigenvalue weighted by molar-refractivity contribution is 0.0464. The van der Waals surface area contributed by atoms with Gasteiger partial charge in [0.1, 0.15) is 5.60 Å². The molecule has 1 aromatic rings. The molecule has 7 heteroatoms. The van der Waals surface area contributed by atoms with E-state index in [1.165, 1.54) is 7.11 Å². The van der Waals surface area contributed by atoms with Crippen molar-refractivity contribution < 1.29 is 19.1 Å². The molecule has 1 atom stereocenters. The number of carbonyl (C=O) groups is 2. The number of aromatic nitrogens is 2. The molecule has 0 bridgehead atoms. The van der Waals surface area contributed by atoms with E-state index in [9.17, 15) is 9.59 Å². The molecule has 0 aliphatic heterocycles. The first-order valence-corrected chi connectivity index (χ1v) is 7.14. The van der Waals surface area contributed by atoms with Crippen molar-refractivity contribution >= 4 is 11.9 Å². The predicted molar refractivity (Wildman–Crippen MR) is 81.9 cm³/mol. The Balaban J connectivity index is 2.69. The maximum atomic E-state index is 12.3. The Labute approximate surface area is 131 Å². The maximum Gasteiger partial charge on any atom is 0.407 e. The van der Waals surface area contributed by atoms with Crippen LogP contribution in [0.2, 0.25) is 0 Å². The summed E-state index contributed by atoms with van der Waals surface area (Å²) in [6.45, 7) is 7.34. The van der Waals surface area contributed by atoms with Crippen LogP contribution in [-0.2, 0) is 16.5 Å². The number of methoxy groups -OCH3 is 1. The summed E-state index contributed by atoms with van der Waals surface area (Å²) >= 11 is 0. The minimum absolute atomic E-state index is 0.0938. The number of nitrogens with zero attached hydrogens (tertiary/aromatic N) is 2. The maximum absolute atomic E-state index is 12.3. The van der Waals surface area contributed by atoms with E-state index >= 15 is 0 Å². The van der Waals surface area contributed by atoms with Crippen LogP contribution >= 0.6 is 0 Å². The number of nitrogens with one attached hydrogen (secondary N) is 1. The number of alkyl carbamates (subject to hydrolysis) is 1. The number of ketones is 1. The average molecular weight is 311 g/mol. The number of rotatable bonds is 6. The van der Waals surface area contributed by atoms with Crippen LogP contribution in [0.3, 0.4) is 0 Å². The van der Waals surface area contributed by atoms with Crippen LogP contribution in [0.4, 0.5) is 4.79 Å². The van der Waals surface area contributed by atoms with E-state index in [4.69, 9.17) is 9.47 Å². The summed E-state index contributed by atoms with van der Waals surface area (Å²) in [7, 11) is 3.28. The molecule has 0 aromatic carbocycles. The van der Waals surface area contributed by atoms with Crippen molar-refractivity contribution in [1.29, 1.82) is 0 Å². The Kier molecular flexibility index (Phi) is 6.11. The van der Waals surface area contributed by atoms with E-state index in [2.05, 4.69) is 10.4 Å². The lowest BCUT2D eigenvalue weighted by atomic mass is 10.1. The molecule has 7 nitrogen and oxygen atoms in total. The van der Waals surface area contributed by atoms with Crippen molar-refractivity contribution in [2.24, 2.45) is 7.05 Å². The Morgan fingerprint density at radius 1 is 1.41 bits per heavy atom. The molecule has 1 amide bonds. The molecule has 1 unspecified atom stereocenters. The van der Waals surface area contributed by atoms with Crippen LogP contribution < -0.4 is 5.32 Å². The van der Waals surface area contributed by atoms with E-state index in [1.807, 2.05) is 0 Å². The normalized spacial score (nSPS) is 12.8. The fraction of sp³-hybridized carbons (Fsp3) is 0.667. The molecule has 1 heterocycles. The second kappa shape index (κ2) is 7.40. The summed E-state index contributed by atoms with van der Waals surface area (Å²) in [5.74, 6) is -0.0938. The third-order valence-corrected chi connectivity index (χ3v) is 2.83. The van der Waals surface area contributed by atoms with Gasteiger partial charge in [0.2, 0.25) is 0 Å². The lowest BCUT2D eigenvalue weighted by Gasteiger charge is -2.23. The summed E-state index contributed by atoms with van der Waals surface area (Å²) < 4.78 is 11.9. The quantitative estimate of drug-likeness (QED) is 0.811. The van der Waals surface area contributed by atoms with Gasteiger partial charge in [-0.2, -0.15) is 5.10 Å². The molecular formula is C15H25N3O4. The summed E-state index contributed by atoms with van der Waals surface area (Å²) in [6, 6.07) is -0.452. The number of hydrogen-bond acceptors (Lipinski definition) is 5. The van der Waals surface area contributed by atoms with Gasteiger partial charge >= 0.3 is 6.09 Å². The highest BCUT2D eigenvalue weighted by Gasteiger charge is 2.23. The Bertz CT molecular complexity index is 531. The van der Waals surface area contributed by atoms with Crippen molar-refractivity contribution in [1.82, 2.24) is 15.1 Å². The third-order valence-electron chi connectivity index (χ3n) is 2.83. The molecule has 1 aromatic heterocycles. The summed E-state index contributed by atoms with van der Waals surface area (Å²) in [6.07, 6.45) is 1.24. The SMILES string of the molecule is COCC(CC(=O)c1cn(C)nc1C)NC(=O)OC(C)(C)C. The summed E-state index contributed by atoms with van der Waals surface area (Å²) in [5.41, 5.74) is 0.626. The molecule has 1 N–H and O–H groups in total. The van der Waals surface area contributed by atoms with E-state index in [1.54, 1.807) is 45.6 Å². The van der Waals surface area contributed by atoms with Gasteiger partial charge in [-0.25, -0.2) is 4.79 Å². The highest BCUT2D eigenvalue weighted by molar-refractivity contribution is 5.97. The van der Waals surface area contributed by atoms with Crippen LogP contribution in [0.25, 0.3) is 0 Å². The highest BCUT2D eigenvalue weighted by atomic mass is 16.6. The number of aryl methyl sites for hydroxylation is 2. The van der Waals surface area contributed by atoms with Crippen LogP contribution in [-0.4, -0.2) is 47.0 Å². The minimum Gasteiger partial charge on any atom is -0.444 e. The number of Topliss-reactive ketones (excluding diaryl/α,β-unsaturated/α-hetero) is 1. The van der Waals surface area contributed by atoms with E-state index in [0.717, 1.165) is 0 Å². The molecule has 0 saturated heterocycles. The number of hydrogen-bond donors (Lipinski definition) is 1. The van der Waals surface area contributed by atoms with E-state index in [0.29, 0.717) is 11.3 Å². The second-order valence-electron chi connectivity index (χ2n) is 6.23. The highest BCUT2D eigenvalue weighted by Crippen LogP contribution is 2.11. The topological polar surface area (TPSA) is 82.5 Å². The van der Waals surface area contributed by atoms with Crippen molar-refractivity contribution in [2.75, 3.05) is 13.7 Å². The van der Waals surface area contributed by atoms with Gasteiger partial charge in [-0.1, -0.05) is 0 Å². The third kappa shape index (κ3) is 5.85. The zero-order valence-corrected chi connectivity index (χ0v) is 14.1. The van der Waals surface area contributed by atoms with Crippen LogP contribution in [0.15, 0.2) is 6.20 Å². The van der Waals surface area contributed by atoms with Crippen molar-refractivity contribution in [3.05, 3.63) is 17.5 Å². The summed E-state index contributed by atoms with van der Waals surface area (Å²) in [4.78, 5) is 24.1. The van der Waals surface area contributed by atoms with Gasteiger partial charge in [-0.3, -0.25) is 9.48 Å². The van der Waals surface area contributed by atoms with Crippen molar-refractivity contribution in [2.45, 2.75) is 45.8 Å². The lowest BCUT2D eigenvalue weighted by Crippen LogP contribution is -2.42. The molecular weight excluding hydrogens is 286 g/mol. The fourth-order valence-corrected chi connectivity index (χ4v) is 2.03. The molecule has 124 valence electrons. The fourth-order valence-electron chi connectivity index (χ4n) is 2.03. The van der Waals surface area contributed by atoms with Gasteiger partial charge in [-0.05, 0) is 27.7 Å². The van der Waals surface area contributed by atoms with Gasteiger partial charge in [0.25, 0.3) is 0 Å². The first kappa shape index (κ1) is 18.2. The van der Waals surface area contributed by atoms with Crippen LogP contribution in [0.5, 0.6) is 0 Å². The Hall–Kier alpha value is -1.89. The Morgan fingerprint density at radius 3 is 2.50 bits per heavy atom. The number of carbonyl (C=O) groups excluding carboxylic acids is 2. The zero-order valence-electron chi connectivity index (χ0n) is 14.1. The standard InChI is InChI=1S/C15H25N3O4/c1-10-12(8-18(5)17-10)13(19)7-11(9-21-6)16-14(20)22-15(2,3)4/h8,11H,7,9H2,1-6H3,(H,16,20). The van der Waals surface area contributed by atoms with Gasteiger partial charge in [0.05, 0.1) is 23.9 Å². The largest absolute Gasteiger partial charge is 0.444 e. The van der Waals surface area contributed by atoms with E-state index < -0.39 is 17.7 Å². The number of ether oxygens (including phenoxy) is 2. The smallest absolute Gasteiger partial charge is 0.407 e. The first-order valence-electron chi connectivity index (χ1n) is 7.14. The molecule has 22 heavy (non-hydrogen) atoms. The molecule has 1 rings (SSSR count).